The zero-order chi connectivity index (χ0) is 15.6. The van der Waals surface area contributed by atoms with Crippen LogP contribution in [0.1, 0.15) is 43.6 Å². The van der Waals surface area contributed by atoms with E-state index in [1.807, 2.05) is 18.7 Å². The lowest BCUT2D eigenvalue weighted by atomic mass is 9.97. The minimum absolute atomic E-state index is 0.0803. The Morgan fingerprint density at radius 3 is 2.52 bits per heavy atom. The van der Waals surface area contributed by atoms with Gasteiger partial charge in [-0.25, -0.2) is 9.78 Å². The summed E-state index contributed by atoms with van der Waals surface area (Å²) in [6.07, 6.45) is 2.99. The summed E-state index contributed by atoms with van der Waals surface area (Å²) in [5.41, 5.74) is 0.00586. The predicted molar refractivity (Wildman–Crippen MR) is 77.5 cm³/mol. The van der Waals surface area contributed by atoms with Crippen LogP contribution in [-0.4, -0.2) is 35.1 Å². The number of esters is 1. The van der Waals surface area contributed by atoms with Gasteiger partial charge < -0.3 is 9.64 Å². The molecule has 0 amide bonds. The molecule has 1 aromatic heterocycles. The van der Waals surface area contributed by atoms with Gasteiger partial charge in [0, 0.05) is 18.2 Å². The summed E-state index contributed by atoms with van der Waals surface area (Å²) in [5.74, 6) is -0.342. The standard InChI is InChI=1S/C14H19N3O4/c1-9-5-4-6-10(2)16(9)13-12(17(19)20)8-7-11(15-13)14(18)21-3/h7-10H,4-6H2,1-3H3. The Balaban J connectivity index is 2.52. The fourth-order valence-electron chi connectivity index (χ4n) is 2.83. The molecule has 2 unspecified atom stereocenters. The van der Waals surface area contributed by atoms with E-state index in [0.29, 0.717) is 0 Å². The largest absolute Gasteiger partial charge is 0.464 e. The molecule has 0 bridgehead atoms. The van der Waals surface area contributed by atoms with Crippen LogP contribution in [0.4, 0.5) is 11.5 Å². The highest BCUT2D eigenvalue weighted by Crippen LogP contribution is 2.34. The van der Waals surface area contributed by atoms with Crippen molar-refractivity contribution in [1.29, 1.82) is 0 Å². The topological polar surface area (TPSA) is 85.6 Å². The van der Waals surface area contributed by atoms with E-state index >= 15 is 0 Å². The van der Waals surface area contributed by atoms with Crippen molar-refractivity contribution in [3.8, 4) is 0 Å². The minimum atomic E-state index is -0.594. The van der Waals surface area contributed by atoms with Crippen LogP contribution in [0.25, 0.3) is 0 Å². The van der Waals surface area contributed by atoms with Crippen molar-refractivity contribution in [2.75, 3.05) is 12.0 Å². The van der Waals surface area contributed by atoms with Crippen molar-refractivity contribution in [2.45, 2.75) is 45.2 Å². The number of piperidine rings is 1. The SMILES string of the molecule is COC(=O)c1ccc([N+](=O)[O-])c(N2C(C)CCCC2C)n1. The van der Waals surface area contributed by atoms with Gasteiger partial charge in [-0.15, -0.1) is 0 Å². The van der Waals surface area contributed by atoms with Gasteiger partial charge in [0.15, 0.2) is 5.69 Å². The lowest BCUT2D eigenvalue weighted by Gasteiger charge is -2.39. The van der Waals surface area contributed by atoms with Gasteiger partial charge in [-0.1, -0.05) is 0 Å². The van der Waals surface area contributed by atoms with Crippen LogP contribution in [0, 0.1) is 10.1 Å². The molecule has 0 radical (unpaired) electrons. The maximum atomic E-state index is 11.6. The summed E-state index contributed by atoms with van der Waals surface area (Å²) in [4.78, 5) is 28.5. The van der Waals surface area contributed by atoms with Crippen molar-refractivity contribution in [3.05, 3.63) is 27.9 Å². The molecule has 0 aliphatic carbocycles. The Morgan fingerprint density at radius 1 is 1.38 bits per heavy atom. The lowest BCUT2D eigenvalue weighted by Crippen LogP contribution is -2.44. The van der Waals surface area contributed by atoms with E-state index < -0.39 is 10.9 Å². The van der Waals surface area contributed by atoms with Crippen LogP contribution in [0.15, 0.2) is 12.1 Å². The van der Waals surface area contributed by atoms with Gasteiger partial charge in [0.25, 0.3) is 0 Å². The second-order valence-corrected chi connectivity index (χ2v) is 5.32. The number of ether oxygens (including phenoxy) is 1. The fraction of sp³-hybridized carbons (Fsp3) is 0.571. The number of aromatic nitrogens is 1. The molecular weight excluding hydrogens is 274 g/mol. The highest BCUT2D eigenvalue weighted by Gasteiger charge is 2.32. The van der Waals surface area contributed by atoms with Gasteiger partial charge in [-0.2, -0.15) is 0 Å². The molecule has 2 rings (SSSR count). The molecule has 0 spiro atoms. The van der Waals surface area contributed by atoms with Gasteiger partial charge in [-0.3, -0.25) is 10.1 Å². The van der Waals surface area contributed by atoms with Crippen LogP contribution in [0.3, 0.4) is 0 Å². The van der Waals surface area contributed by atoms with E-state index in [1.54, 1.807) is 0 Å². The number of hydrogen-bond acceptors (Lipinski definition) is 6. The normalized spacial score (nSPS) is 22.0. The zero-order valence-corrected chi connectivity index (χ0v) is 12.4. The van der Waals surface area contributed by atoms with Gasteiger partial charge in [0.2, 0.25) is 5.82 Å². The van der Waals surface area contributed by atoms with Crippen LogP contribution >= 0.6 is 0 Å². The number of nitro groups is 1. The van der Waals surface area contributed by atoms with Crippen molar-refractivity contribution < 1.29 is 14.5 Å². The summed E-state index contributed by atoms with van der Waals surface area (Å²) >= 11 is 0. The number of rotatable bonds is 3. The lowest BCUT2D eigenvalue weighted by molar-refractivity contribution is -0.384. The van der Waals surface area contributed by atoms with Crippen molar-refractivity contribution in [2.24, 2.45) is 0 Å². The van der Waals surface area contributed by atoms with Crippen LogP contribution in [0.2, 0.25) is 0 Å². The molecule has 1 aliphatic heterocycles. The Labute approximate surface area is 123 Å². The first-order valence-corrected chi connectivity index (χ1v) is 6.97. The molecule has 1 saturated heterocycles. The third-order valence-electron chi connectivity index (χ3n) is 3.88. The molecule has 7 nitrogen and oxygen atoms in total. The van der Waals surface area contributed by atoms with E-state index in [0.717, 1.165) is 19.3 Å². The van der Waals surface area contributed by atoms with Crippen LogP contribution in [0.5, 0.6) is 0 Å². The first-order valence-electron chi connectivity index (χ1n) is 6.97. The molecule has 2 atom stereocenters. The summed E-state index contributed by atoms with van der Waals surface area (Å²) in [5, 5.41) is 11.3. The third kappa shape index (κ3) is 2.96. The van der Waals surface area contributed by atoms with Crippen molar-refractivity contribution in [1.82, 2.24) is 4.98 Å². The molecule has 0 N–H and O–H groups in total. The Kier molecular flexibility index (Phi) is 4.40. The van der Waals surface area contributed by atoms with E-state index in [-0.39, 0.29) is 29.3 Å². The van der Waals surface area contributed by atoms with E-state index in [2.05, 4.69) is 9.72 Å². The molecule has 7 heteroatoms. The highest BCUT2D eigenvalue weighted by molar-refractivity contribution is 5.88. The van der Waals surface area contributed by atoms with Gasteiger partial charge in [-0.05, 0) is 39.2 Å². The molecule has 1 aliphatic rings. The average Bonchev–Trinajstić information content (AvgIpc) is 2.46. The van der Waals surface area contributed by atoms with Gasteiger partial charge in [0.1, 0.15) is 0 Å². The van der Waals surface area contributed by atoms with Crippen molar-refractivity contribution >= 4 is 17.5 Å². The quantitative estimate of drug-likeness (QED) is 0.483. The Morgan fingerprint density at radius 2 is 2.00 bits per heavy atom. The molecule has 0 saturated carbocycles. The molecule has 1 aromatic rings. The monoisotopic (exact) mass is 293 g/mol. The highest BCUT2D eigenvalue weighted by atomic mass is 16.6. The van der Waals surface area contributed by atoms with E-state index in [9.17, 15) is 14.9 Å². The summed E-state index contributed by atoms with van der Waals surface area (Å²) in [7, 11) is 1.26. The number of carbonyl (C=O) groups is 1. The number of methoxy groups -OCH3 is 1. The Bertz CT molecular complexity index is 551. The molecule has 114 valence electrons. The molecule has 2 heterocycles. The first-order chi connectivity index (χ1) is 9.95. The molecular formula is C14H19N3O4. The minimum Gasteiger partial charge on any atom is -0.464 e. The van der Waals surface area contributed by atoms with Gasteiger partial charge >= 0.3 is 11.7 Å². The maximum absolute atomic E-state index is 11.6. The Hall–Kier alpha value is -2.18. The maximum Gasteiger partial charge on any atom is 0.356 e. The van der Waals surface area contributed by atoms with Crippen molar-refractivity contribution in [3.63, 3.8) is 0 Å². The zero-order valence-electron chi connectivity index (χ0n) is 12.4. The molecule has 0 aromatic carbocycles. The molecule has 1 fully saturated rings. The first kappa shape index (κ1) is 15.2. The number of pyridine rings is 1. The van der Waals surface area contributed by atoms with E-state index in [4.69, 9.17) is 0 Å². The number of nitrogens with zero attached hydrogens (tertiary/aromatic N) is 3. The number of carbonyl (C=O) groups excluding carboxylic acids is 1. The van der Waals surface area contributed by atoms with Gasteiger partial charge in [0.05, 0.1) is 12.0 Å². The van der Waals surface area contributed by atoms with Crippen LogP contribution in [-0.2, 0) is 4.74 Å². The summed E-state index contributed by atoms with van der Waals surface area (Å²) < 4.78 is 4.64. The van der Waals surface area contributed by atoms with E-state index in [1.165, 1.54) is 19.2 Å². The molecule has 21 heavy (non-hydrogen) atoms. The second-order valence-electron chi connectivity index (χ2n) is 5.32. The fourth-order valence-corrected chi connectivity index (χ4v) is 2.83. The predicted octanol–water partition coefficient (Wildman–Crippen LogP) is 2.54. The van der Waals surface area contributed by atoms with Crippen LogP contribution < -0.4 is 4.90 Å². The summed E-state index contributed by atoms with van der Waals surface area (Å²) in [6, 6.07) is 2.94. The average molecular weight is 293 g/mol. The second kappa shape index (κ2) is 6.07. The number of anilines is 1. The third-order valence-corrected chi connectivity index (χ3v) is 3.88. The smallest absolute Gasteiger partial charge is 0.356 e. The number of hydrogen-bond donors (Lipinski definition) is 0. The summed E-state index contributed by atoms with van der Waals surface area (Å²) in [6.45, 7) is 4.04.